The summed E-state index contributed by atoms with van der Waals surface area (Å²) < 4.78 is 0. The van der Waals surface area contributed by atoms with Gasteiger partial charge < -0.3 is 10.2 Å². The first-order valence-electron chi connectivity index (χ1n) is 9.63. The lowest BCUT2D eigenvalue weighted by Gasteiger charge is -2.31. The first-order chi connectivity index (χ1) is 13.7. The summed E-state index contributed by atoms with van der Waals surface area (Å²) in [5, 5.41) is 11.0. The molecule has 1 aromatic carbocycles. The van der Waals surface area contributed by atoms with Gasteiger partial charge in [0.05, 0.1) is 17.6 Å². The van der Waals surface area contributed by atoms with Crippen LogP contribution in [0.1, 0.15) is 35.4 Å². The van der Waals surface area contributed by atoms with E-state index in [1.165, 1.54) is 0 Å². The molecule has 7 heteroatoms. The Morgan fingerprint density at radius 2 is 1.89 bits per heavy atom. The van der Waals surface area contributed by atoms with Crippen molar-refractivity contribution in [1.29, 1.82) is 0 Å². The van der Waals surface area contributed by atoms with E-state index >= 15 is 0 Å². The zero-order chi connectivity index (χ0) is 19.3. The third kappa shape index (κ3) is 3.80. The fraction of sp³-hybridized carbons (Fsp3) is 0.333. The van der Waals surface area contributed by atoms with Crippen LogP contribution in [-0.2, 0) is 6.54 Å². The van der Waals surface area contributed by atoms with Crippen molar-refractivity contribution in [1.82, 2.24) is 25.4 Å². The molecule has 0 bridgehead atoms. The third-order valence-electron chi connectivity index (χ3n) is 5.20. The van der Waals surface area contributed by atoms with E-state index < -0.39 is 0 Å². The van der Waals surface area contributed by atoms with Crippen LogP contribution in [0.3, 0.4) is 0 Å². The maximum absolute atomic E-state index is 13.6. The molecule has 4 rings (SSSR count). The molecular weight excluding hydrogens is 354 g/mol. The van der Waals surface area contributed by atoms with Crippen molar-refractivity contribution in [3.05, 3.63) is 70.4 Å². The quantitative estimate of drug-likeness (QED) is 0.727. The maximum atomic E-state index is 13.6. The van der Waals surface area contributed by atoms with Gasteiger partial charge in [-0.05, 0) is 50.6 Å². The minimum atomic E-state index is -0.290. The lowest BCUT2D eigenvalue weighted by Crippen LogP contribution is -2.41. The van der Waals surface area contributed by atoms with Gasteiger partial charge in [-0.3, -0.25) is 14.6 Å². The number of nitrogens with one attached hydrogen (secondary N) is 2. The molecule has 1 unspecified atom stereocenters. The highest BCUT2D eigenvalue weighted by molar-refractivity contribution is 6.04. The summed E-state index contributed by atoms with van der Waals surface area (Å²) >= 11 is 0. The van der Waals surface area contributed by atoms with Gasteiger partial charge in [0, 0.05) is 17.6 Å². The Balaban J connectivity index is 1.74. The van der Waals surface area contributed by atoms with E-state index in [1.54, 1.807) is 24.4 Å². The van der Waals surface area contributed by atoms with Gasteiger partial charge in [-0.2, -0.15) is 5.10 Å². The van der Waals surface area contributed by atoms with Gasteiger partial charge in [0.15, 0.2) is 5.69 Å². The molecule has 28 heavy (non-hydrogen) atoms. The van der Waals surface area contributed by atoms with Crippen molar-refractivity contribution < 1.29 is 4.79 Å². The van der Waals surface area contributed by atoms with E-state index in [-0.39, 0.29) is 23.2 Å². The molecule has 2 aromatic heterocycles. The van der Waals surface area contributed by atoms with Crippen LogP contribution >= 0.6 is 0 Å². The number of pyridine rings is 1. The summed E-state index contributed by atoms with van der Waals surface area (Å²) in [5.41, 5.74) is 0.826. The minimum Gasteiger partial charge on any atom is -0.328 e. The molecule has 0 spiro atoms. The van der Waals surface area contributed by atoms with E-state index in [2.05, 4.69) is 20.5 Å². The maximum Gasteiger partial charge on any atom is 0.275 e. The molecular formula is C21H23N5O2. The Morgan fingerprint density at radius 3 is 2.71 bits per heavy atom. The van der Waals surface area contributed by atoms with Crippen molar-refractivity contribution in [2.24, 2.45) is 0 Å². The second-order valence-electron chi connectivity index (χ2n) is 7.04. The molecule has 2 N–H and O–H groups in total. The Hall–Kier alpha value is -3.06. The summed E-state index contributed by atoms with van der Waals surface area (Å²) in [6.07, 6.45) is 4.55. The first-order valence-corrected chi connectivity index (χ1v) is 9.63. The third-order valence-corrected chi connectivity index (χ3v) is 5.20. The number of fused-ring (bicyclic) bond motifs is 1. The molecule has 3 heterocycles. The van der Waals surface area contributed by atoms with Crippen LogP contribution < -0.4 is 10.9 Å². The number of H-pyrrole nitrogens is 1. The first kappa shape index (κ1) is 18.3. The largest absolute Gasteiger partial charge is 0.328 e. The van der Waals surface area contributed by atoms with Crippen LogP contribution in [0.25, 0.3) is 10.8 Å². The van der Waals surface area contributed by atoms with Gasteiger partial charge in [0.2, 0.25) is 0 Å². The van der Waals surface area contributed by atoms with Crippen LogP contribution in [0.2, 0.25) is 0 Å². The number of amides is 1. The molecule has 1 saturated heterocycles. The number of hydrogen-bond donors (Lipinski definition) is 2. The van der Waals surface area contributed by atoms with Crippen molar-refractivity contribution in [2.75, 3.05) is 13.1 Å². The van der Waals surface area contributed by atoms with Gasteiger partial charge in [-0.25, -0.2) is 5.10 Å². The molecule has 7 nitrogen and oxygen atoms in total. The fourth-order valence-electron chi connectivity index (χ4n) is 3.76. The number of aromatic nitrogens is 3. The second kappa shape index (κ2) is 8.31. The lowest BCUT2D eigenvalue weighted by atomic mass is 10.0. The summed E-state index contributed by atoms with van der Waals surface area (Å²) in [6.45, 7) is 2.25. The van der Waals surface area contributed by atoms with E-state index in [4.69, 9.17) is 0 Å². The van der Waals surface area contributed by atoms with E-state index in [9.17, 15) is 9.59 Å². The molecule has 1 atom stereocenters. The number of carbonyl (C=O) groups is 1. The van der Waals surface area contributed by atoms with Crippen molar-refractivity contribution in [3.63, 3.8) is 0 Å². The van der Waals surface area contributed by atoms with Crippen LogP contribution in [0.5, 0.6) is 0 Å². The molecule has 3 aromatic rings. The topological polar surface area (TPSA) is 91.0 Å². The number of carbonyl (C=O) groups excluding carboxylic acids is 1. The number of aromatic amines is 1. The minimum absolute atomic E-state index is 0.0944. The van der Waals surface area contributed by atoms with Crippen molar-refractivity contribution in [3.8, 4) is 0 Å². The molecule has 0 saturated carbocycles. The average molecular weight is 377 g/mol. The lowest BCUT2D eigenvalue weighted by molar-refractivity contribution is 0.0637. The zero-order valence-corrected chi connectivity index (χ0v) is 15.6. The van der Waals surface area contributed by atoms with Gasteiger partial charge in [0.1, 0.15) is 0 Å². The number of hydrogen-bond acceptors (Lipinski definition) is 5. The van der Waals surface area contributed by atoms with E-state index in [1.807, 2.05) is 29.2 Å². The highest BCUT2D eigenvalue weighted by atomic mass is 16.2. The summed E-state index contributed by atoms with van der Waals surface area (Å²) in [7, 11) is 0. The molecule has 0 aliphatic carbocycles. The second-order valence-corrected chi connectivity index (χ2v) is 7.04. The predicted octanol–water partition coefficient (Wildman–Crippen LogP) is 2.10. The fourth-order valence-corrected chi connectivity index (χ4v) is 3.76. The molecule has 1 fully saturated rings. The Bertz CT molecular complexity index is 1010. The zero-order valence-electron chi connectivity index (χ0n) is 15.6. The van der Waals surface area contributed by atoms with E-state index in [0.717, 1.165) is 38.0 Å². The smallest absolute Gasteiger partial charge is 0.275 e. The Kier molecular flexibility index (Phi) is 5.43. The predicted molar refractivity (Wildman–Crippen MR) is 107 cm³/mol. The normalized spacial score (nSPS) is 17.2. The van der Waals surface area contributed by atoms with Crippen molar-refractivity contribution in [2.45, 2.75) is 31.8 Å². The summed E-state index contributed by atoms with van der Waals surface area (Å²) in [5.74, 6) is -0.176. The number of nitrogens with zero attached hydrogens (tertiary/aromatic N) is 3. The van der Waals surface area contributed by atoms with Gasteiger partial charge in [-0.15, -0.1) is 0 Å². The molecule has 1 aliphatic rings. The Labute approximate surface area is 162 Å². The van der Waals surface area contributed by atoms with E-state index in [0.29, 0.717) is 17.3 Å². The monoisotopic (exact) mass is 377 g/mol. The van der Waals surface area contributed by atoms with Crippen LogP contribution in [0.4, 0.5) is 0 Å². The van der Waals surface area contributed by atoms with Crippen molar-refractivity contribution >= 4 is 16.7 Å². The van der Waals surface area contributed by atoms with Crippen LogP contribution in [-0.4, -0.2) is 45.1 Å². The number of benzene rings is 1. The molecule has 144 valence electrons. The number of rotatable bonds is 4. The molecule has 1 aliphatic heterocycles. The molecule has 1 amide bonds. The van der Waals surface area contributed by atoms with Gasteiger partial charge >= 0.3 is 0 Å². The summed E-state index contributed by atoms with van der Waals surface area (Å²) in [6, 6.07) is 12.9. The van der Waals surface area contributed by atoms with Gasteiger partial charge in [0.25, 0.3) is 11.5 Å². The molecule has 0 radical (unpaired) electrons. The van der Waals surface area contributed by atoms with Crippen LogP contribution in [0.15, 0.2) is 53.5 Å². The summed E-state index contributed by atoms with van der Waals surface area (Å²) in [4.78, 5) is 31.9. The SMILES string of the molecule is O=C(c1n[nH]c(=O)c2ccccc12)N(Cc1ccccn1)C1CCCNCC1. The van der Waals surface area contributed by atoms with Gasteiger partial charge in [-0.1, -0.05) is 24.3 Å². The Morgan fingerprint density at radius 1 is 1.07 bits per heavy atom. The highest BCUT2D eigenvalue weighted by Gasteiger charge is 2.28. The average Bonchev–Trinajstić information content (AvgIpc) is 3.02. The standard InChI is InChI=1S/C21H23N5O2/c27-20-18-9-2-1-8-17(18)19(24-25-20)21(28)26(14-15-6-3-4-12-23-15)16-7-5-11-22-13-10-16/h1-4,6,8-9,12,16,22H,5,7,10-11,13-14H2,(H,25,27). The highest BCUT2D eigenvalue weighted by Crippen LogP contribution is 2.21. The van der Waals surface area contributed by atoms with Crippen LogP contribution in [0, 0.1) is 0 Å².